The Kier molecular flexibility index (Phi) is 30.7. The first-order chi connectivity index (χ1) is 43.7. The van der Waals surface area contributed by atoms with Crippen LogP contribution in [0.5, 0.6) is 0 Å². The summed E-state index contributed by atoms with van der Waals surface area (Å²) in [7, 11) is 1.94. The molecule has 0 radical (unpaired) electrons. The summed E-state index contributed by atoms with van der Waals surface area (Å²) in [5.74, 6) is -5.08. The Labute approximate surface area is 547 Å². The van der Waals surface area contributed by atoms with Crippen LogP contribution >= 0.6 is 11.3 Å². The average molecular weight is 1300 g/mol. The maximum atomic E-state index is 14.8. The molecular weight excluding hydrogens is 1200 g/mol. The summed E-state index contributed by atoms with van der Waals surface area (Å²) in [6, 6.07) is 1.77. The van der Waals surface area contributed by atoms with Gasteiger partial charge >= 0.3 is 18.0 Å². The van der Waals surface area contributed by atoms with Crippen LogP contribution in [0.3, 0.4) is 0 Å². The fourth-order valence-corrected chi connectivity index (χ4v) is 12.9. The number of unbranched alkanes of at least 4 members (excludes halogenated alkanes) is 2. The van der Waals surface area contributed by atoms with E-state index in [1.54, 1.807) is 55.3 Å². The number of likely N-dealkylation sites (tertiary alicyclic amines) is 1. The third-order valence-corrected chi connectivity index (χ3v) is 18.7. The van der Waals surface area contributed by atoms with Crippen molar-refractivity contribution in [2.24, 2.45) is 35.3 Å². The zero-order chi connectivity index (χ0) is 67.8. The molecule has 1 saturated carbocycles. The van der Waals surface area contributed by atoms with E-state index in [0.717, 1.165) is 66.9 Å². The number of thiazole rings is 1. The van der Waals surface area contributed by atoms with Crippen molar-refractivity contribution in [3.63, 3.8) is 0 Å². The number of carbonyl (C=O) groups is 11. The van der Waals surface area contributed by atoms with E-state index in [1.807, 2.05) is 46.6 Å². The van der Waals surface area contributed by atoms with E-state index < -0.39 is 72.0 Å². The monoisotopic (exact) mass is 1300 g/mol. The van der Waals surface area contributed by atoms with Gasteiger partial charge in [-0.15, -0.1) is 11.3 Å². The minimum atomic E-state index is -1.11. The lowest BCUT2D eigenvalue weighted by Gasteiger charge is -2.40. The fourth-order valence-electron chi connectivity index (χ4n) is 12.0. The molecule has 92 heavy (non-hydrogen) atoms. The maximum Gasteiger partial charge on any atom is 0.312 e. The Bertz CT molecular complexity index is 2840. The Hall–Kier alpha value is -7.28. The number of amides is 10. The van der Waals surface area contributed by atoms with Crippen LogP contribution < -0.4 is 37.6 Å². The summed E-state index contributed by atoms with van der Waals surface area (Å²) in [6.45, 7) is 20.0. The van der Waals surface area contributed by atoms with Crippen molar-refractivity contribution in [3.05, 3.63) is 58.1 Å². The summed E-state index contributed by atoms with van der Waals surface area (Å²) in [5, 5.41) is 19.1. The highest BCUT2D eigenvalue weighted by atomic mass is 32.1. The topological polar surface area (TPSA) is 327 Å². The first-order valence-electron chi connectivity index (χ1n) is 33.2. The van der Waals surface area contributed by atoms with E-state index in [1.165, 1.54) is 19.1 Å². The summed E-state index contributed by atoms with van der Waals surface area (Å²) >= 11 is 1.15. The number of hydrogen-bond acceptors (Lipinski definition) is 16. The van der Waals surface area contributed by atoms with Gasteiger partial charge in [0.15, 0.2) is 6.10 Å². The third-order valence-electron chi connectivity index (χ3n) is 17.8. The van der Waals surface area contributed by atoms with Crippen molar-refractivity contribution < 1.29 is 62.2 Å². The van der Waals surface area contributed by atoms with Crippen LogP contribution in [-0.4, -0.2) is 160 Å². The van der Waals surface area contributed by atoms with Crippen LogP contribution in [-0.2, 0) is 59.0 Å². The number of nitrogens with zero attached hydrogens (tertiary/aromatic N) is 4. The van der Waals surface area contributed by atoms with Crippen LogP contribution in [0.1, 0.15) is 199 Å². The third kappa shape index (κ3) is 23.7. The van der Waals surface area contributed by atoms with Crippen molar-refractivity contribution in [1.29, 1.82) is 0 Å². The number of nitrogens with one attached hydrogen (secondary N) is 6. The van der Waals surface area contributed by atoms with Crippen molar-refractivity contribution in [1.82, 2.24) is 46.3 Å². The number of rotatable bonds is 36. The molecule has 10 amide bonds. The lowest BCUT2D eigenvalue weighted by atomic mass is 9.90. The van der Waals surface area contributed by atoms with Crippen molar-refractivity contribution in [3.8, 4) is 0 Å². The van der Waals surface area contributed by atoms with Gasteiger partial charge in [0.05, 0.1) is 12.0 Å². The summed E-state index contributed by atoms with van der Waals surface area (Å²) < 4.78 is 11.9. The van der Waals surface area contributed by atoms with Gasteiger partial charge in [-0.25, -0.2) is 9.78 Å². The summed E-state index contributed by atoms with van der Waals surface area (Å²) in [5.41, 5.74) is 6.46. The number of carbonyl (C=O) groups excluding carboxylic acids is 11. The zero-order valence-corrected chi connectivity index (χ0v) is 56.8. The number of benzene rings is 1. The molecule has 510 valence electrons. The van der Waals surface area contributed by atoms with Crippen LogP contribution in [0.25, 0.3) is 0 Å². The molecule has 8 N–H and O–H groups in total. The molecular formula is C67H103N11O13S. The minimum Gasteiger partial charge on any atom is -0.462 e. The van der Waals surface area contributed by atoms with Gasteiger partial charge in [0.2, 0.25) is 29.5 Å². The number of anilines is 1. The molecule has 3 aliphatic rings. The molecule has 0 unspecified atom stereocenters. The zero-order valence-electron chi connectivity index (χ0n) is 56.0. The van der Waals surface area contributed by atoms with Crippen LogP contribution in [0.15, 0.2) is 41.8 Å². The second kappa shape index (κ2) is 37.4. The largest absolute Gasteiger partial charge is 0.462 e. The van der Waals surface area contributed by atoms with Gasteiger partial charge in [0.1, 0.15) is 34.9 Å². The molecule has 2 aromatic rings. The Morgan fingerprint density at radius 3 is 2.11 bits per heavy atom. The number of hydrogen-bond donors (Lipinski definition) is 7. The predicted octanol–water partition coefficient (Wildman–Crippen LogP) is 7.01. The molecule has 0 spiro atoms. The highest BCUT2D eigenvalue weighted by Gasteiger charge is 2.40. The van der Waals surface area contributed by atoms with Gasteiger partial charge in [0.25, 0.3) is 17.7 Å². The molecule has 1 saturated heterocycles. The maximum absolute atomic E-state index is 14.8. The van der Waals surface area contributed by atoms with Crippen LogP contribution in [0.2, 0.25) is 0 Å². The van der Waals surface area contributed by atoms with Gasteiger partial charge < -0.3 is 52.0 Å². The number of piperidine rings is 1. The van der Waals surface area contributed by atoms with Crippen LogP contribution in [0.4, 0.5) is 10.5 Å². The Morgan fingerprint density at radius 1 is 0.804 bits per heavy atom. The average Bonchev–Trinajstić information content (AvgIpc) is 1.98. The first kappa shape index (κ1) is 75.4. The highest BCUT2D eigenvalue weighted by molar-refractivity contribution is 7.09. The van der Waals surface area contributed by atoms with Gasteiger partial charge in [-0.3, -0.25) is 57.7 Å². The number of ether oxygens (including phenoxy) is 2. The second-order valence-corrected chi connectivity index (χ2v) is 26.9. The number of esters is 2. The van der Waals surface area contributed by atoms with E-state index in [4.69, 9.17) is 20.2 Å². The Balaban J connectivity index is 1.30. The van der Waals surface area contributed by atoms with Crippen molar-refractivity contribution in [2.45, 2.75) is 227 Å². The number of imide groups is 1. The number of nitrogens with two attached hydrogens (primary N) is 1. The molecule has 1 aliphatic carbocycles. The molecule has 5 rings (SSSR count). The number of primary amides is 1. The van der Waals surface area contributed by atoms with Crippen molar-refractivity contribution >= 4 is 82.3 Å². The lowest BCUT2D eigenvalue weighted by Crippen LogP contribution is -2.59. The summed E-state index contributed by atoms with van der Waals surface area (Å²) in [6.07, 6.45) is 10.8. The van der Waals surface area contributed by atoms with E-state index in [0.29, 0.717) is 55.3 Å². The fraction of sp³-hybridized carbons (Fsp3) is 0.672. The van der Waals surface area contributed by atoms with Gasteiger partial charge in [0, 0.05) is 74.7 Å². The number of likely N-dealkylation sites (N-methyl/N-ethyl adjacent to an activating group) is 2. The molecule has 2 fully saturated rings. The molecule has 1 aromatic heterocycles. The number of urea groups is 1. The molecule has 10 atom stereocenters. The molecule has 2 aliphatic heterocycles. The van der Waals surface area contributed by atoms with E-state index in [2.05, 4.69) is 38.8 Å². The molecule has 3 heterocycles. The predicted molar refractivity (Wildman–Crippen MR) is 350 cm³/mol. The number of aromatic nitrogens is 1. The molecule has 1 aromatic carbocycles. The standard InChI is InChI=1S/C67H103N11O13S/c1-12-43(8)59(75-62(85)53-35-42(7)31-34-76(53)11)65(87)77(13-2)52(40(3)4)38-54(90-45(10)79)64-73-51(39-92-64)61(84)71-48(36-44(9)66(88)91-49-21-16-14-17-22-49)37-46-25-27-47(28-26-46)70-60(83)50(23-20-32-69-67(68)89)72-63(86)58(41(5)6)74-55(80)24-18-15-19-33-78-56(81)29-30-57(78)82/h25-30,39-44,48-50,52-54,58-59H,12-24,31-38H2,1-11H3,(H,70,83)(H,71,84)(H,72,86)(H,74,80)(H,75,85)(H3,68,69,89)/t42-,43+,44+,48-,50+,52-,53-,54-,58+,59+/m1/s1. The van der Waals surface area contributed by atoms with E-state index in [-0.39, 0.29) is 123 Å². The van der Waals surface area contributed by atoms with Gasteiger partial charge in [-0.05, 0) is 139 Å². The molecule has 24 nitrogen and oxygen atoms in total. The first-order valence-corrected chi connectivity index (χ1v) is 34.1. The second-order valence-electron chi connectivity index (χ2n) is 26.0. The molecule has 0 bridgehead atoms. The molecule has 25 heteroatoms. The smallest absolute Gasteiger partial charge is 0.312 e. The van der Waals surface area contributed by atoms with E-state index in [9.17, 15) is 52.7 Å². The quantitative estimate of drug-likeness (QED) is 0.0205. The van der Waals surface area contributed by atoms with Gasteiger partial charge in [-0.1, -0.05) is 86.8 Å². The van der Waals surface area contributed by atoms with Crippen LogP contribution in [0, 0.1) is 29.6 Å². The van der Waals surface area contributed by atoms with E-state index >= 15 is 0 Å². The minimum absolute atomic E-state index is 0.0562. The van der Waals surface area contributed by atoms with Gasteiger partial charge in [-0.2, -0.15) is 0 Å². The SMILES string of the molecule is CC[C@H](C)[C@H](NC(=O)[C@H]1C[C@H](C)CCN1C)C(=O)N(CC)[C@H](C[C@@H](OC(C)=O)c1nc(C(=O)N[C@@H](Cc2ccc(NC(=O)[C@H](CCCNC(N)=O)NC(=O)[C@@H](NC(=O)CCCCCN3C(=O)C=CC3=O)C(C)C)cc2)C[C@H](C)C(=O)OC2CCCCC2)cs1)C(C)C. The Morgan fingerprint density at radius 2 is 1.49 bits per heavy atom. The summed E-state index contributed by atoms with van der Waals surface area (Å²) in [4.78, 5) is 156. The normalized spacial score (nSPS) is 18.8. The van der Waals surface area contributed by atoms with Crippen molar-refractivity contribution in [2.75, 3.05) is 38.5 Å². The lowest BCUT2D eigenvalue weighted by molar-refractivity contribution is -0.155. The highest BCUT2D eigenvalue weighted by Crippen LogP contribution is 2.33.